The second kappa shape index (κ2) is 4.00. The van der Waals surface area contributed by atoms with Gasteiger partial charge in [-0.3, -0.25) is 9.59 Å². The molecule has 1 N–H and O–H groups in total. The van der Waals surface area contributed by atoms with Crippen molar-refractivity contribution >= 4 is 11.8 Å². The molecule has 2 fully saturated rings. The summed E-state index contributed by atoms with van der Waals surface area (Å²) in [7, 11) is 0. The van der Waals surface area contributed by atoms with Crippen LogP contribution in [-0.2, 0) is 9.59 Å². The van der Waals surface area contributed by atoms with E-state index in [-0.39, 0.29) is 23.8 Å². The van der Waals surface area contributed by atoms with Crippen LogP contribution < -0.4 is 5.32 Å². The average molecular weight is 238 g/mol. The zero-order valence-corrected chi connectivity index (χ0v) is 11.0. The molecular weight excluding hydrogens is 216 g/mol. The van der Waals surface area contributed by atoms with Crippen LogP contribution in [0, 0.1) is 5.41 Å². The third-order valence-corrected chi connectivity index (χ3v) is 3.99. The fraction of sp³-hybridized carbons (Fsp3) is 0.846. The molecule has 1 heterocycles. The number of rotatable bonds is 2. The molecule has 2 amide bonds. The molecule has 96 valence electrons. The molecule has 4 nitrogen and oxygen atoms in total. The molecule has 2 rings (SSSR count). The van der Waals surface area contributed by atoms with Crippen LogP contribution in [0.3, 0.4) is 0 Å². The second-order valence-corrected chi connectivity index (χ2v) is 6.35. The van der Waals surface area contributed by atoms with Crippen LogP contribution in [0.2, 0.25) is 0 Å². The minimum Gasteiger partial charge on any atom is -0.341 e. The van der Waals surface area contributed by atoms with Crippen molar-refractivity contribution in [1.82, 2.24) is 10.2 Å². The second-order valence-electron chi connectivity index (χ2n) is 6.35. The number of hydrogen-bond acceptors (Lipinski definition) is 2. The Morgan fingerprint density at radius 3 is 2.35 bits per heavy atom. The van der Waals surface area contributed by atoms with Crippen molar-refractivity contribution < 1.29 is 9.59 Å². The molecule has 17 heavy (non-hydrogen) atoms. The summed E-state index contributed by atoms with van der Waals surface area (Å²) in [5.74, 6) is 0.00132. The summed E-state index contributed by atoms with van der Waals surface area (Å²) in [6.45, 7) is 6.72. The Morgan fingerprint density at radius 2 is 1.76 bits per heavy atom. The van der Waals surface area contributed by atoms with Crippen molar-refractivity contribution in [1.29, 1.82) is 0 Å². The molecule has 1 saturated carbocycles. The molecule has 0 unspecified atom stereocenters. The molecule has 2 aliphatic rings. The first-order chi connectivity index (χ1) is 7.82. The van der Waals surface area contributed by atoms with Gasteiger partial charge in [-0.05, 0) is 32.1 Å². The number of nitrogens with one attached hydrogen (secondary N) is 1. The van der Waals surface area contributed by atoms with Gasteiger partial charge in [0.2, 0.25) is 11.8 Å². The van der Waals surface area contributed by atoms with E-state index in [1.165, 1.54) is 25.7 Å². The lowest BCUT2D eigenvalue weighted by molar-refractivity contribution is -0.149. The number of hydrogen-bond donors (Lipinski definition) is 1. The van der Waals surface area contributed by atoms with E-state index in [0.717, 1.165) is 6.54 Å². The first-order valence-corrected chi connectivity index (χ1v) is 6.43. The third-order valence-electron chi connectivity index (χ3n) is 3.99. The van der Waals surface area contributed by atoms with E-state index in [9.17, 15) is 9.59 Å². The summed E-state index contributed by atoms with van der Waals surface area (Å²) in [5, 5.41) is 2.74. The van der Waals surface area contributed by atoms with E-state index in [2.05, 4.69) is 12.2 Å². The Kier molecular flexibility index (Phi) is 2.92. The van der Waals surface area contributed by atoms with Crippen LogP contribution >= 0.6 is 0 Å². The Bertz CT molecular complexity index is 343. The Hall–Kier alpha value is -1.06. The van der Waals surface area contributed by atoms with Gasteiger partial charge in [0.25, 0.3) is 0 Å². The van der Waals surface area contributed by atoms with Crippen molar-refractivity contribution in [2.75, 3.05) is 13.1 Å². The van der Waals surface area contributed by atoms with E-state index >= 15 is 0 Å². The molecule has 0 radical (unpaired) electrons. The first-order valence-electron chi connectivity index (χ1n) is 6.43. The highest BCUT2D eigenvalue weighted by molar-refractivity contribution is 5.97. The van der Waals surface area contributed by atoms with Gasteiger partial charge in [0.15, 0.2) is 0 Å². The van der Waals surface area contributed by atoms with Crippen molar-refractivity contribution in [2.24, 2.45) is 5.41 Å². The maximum Gasteiger partial charge on any atom is 0.248 e. The molecule has 0 aromatic rings. The Balaban J connectivity index is 2.09. The fourth-order valence-corrected chi connectivity index (χ4v) is 3.06. The monoisotopic (exact) mass is 238 g/mol. The Morgan fingerprint density at radius 1 is 1.18 bits per heavy atom. The Labute approximate surface area is 103 Å². The number of nitrogens with zero attached hydrogens (tertiary/aromatic N) is 1. The zero-order chi connectivity index (χ0) is 12.7. The predicted molar refractivity (Wildman–Crippen MR) is 65.4 cm³/mol. The summed E-state index contributed by atoms with van der Waals surface area (Å²) >= 11 is 0. The van der Waals surface area contributed by atoms with Gasteiger partial charge in [-0.25, -0.2) is 0 Å². The predicted octanol–water partition coefficient (Wildman–Crippen LogP) is 1.30. The molecule has 0 aromatic carbocycles. The number of carbonyl (C=O) groups is 2. The normalized spacial score (nSPS) is 27.1. The highest BCUT2D eigenvalue weighted by atomic mass is 16.2. The van der Waals surface area contributed by atoms with Crippen LogP contribution in [0.15, 0.2) is 0 Å². The van der Waals surface area contributed by atoms with Crippen LogP contribution in [-0.4, -0.2) is 35.3 Å². The van der Waals surface area contributed by atoms with E-state index in [1.807, 2.05) is 0 Å². The van der Waals surface area contributed by atoms with Crippen molar-refractivity contribution in [3.8, 4) is 0 Å². The summed E-state index contributed by atoms with van der Waals surface area (Å²) in [4.78, 5) is 25.6. The molecule has 1 aliphatic carbocycles. The summed E-state index contributed by atoms with van der Waals surface area (Å²) in [5.41, 5.74) is -0.534. The highest BCUT2D eigenvalue weighted by Crippen LogP contribution is 2.38. The number of amides is 2. The fourth-order valence-electron chi connectivity index (χ4n) is 3.06. The minimum atomic E-state index is -0.746. The van der Waals surface area contributed by atoms with E-state index in [4.69, 9.17) is 0 Å². The van der Waals surface area contributed by atoms with Crippen molar-refractivity contribution in [3.05, 3.63) is 0 Å². The van der Waals surface area contributed by atoms with Crippen molar-refractivity contribution in [2.45, 2.75) is 52.0 Å². The van der Waals surface area contributed by atoms with Gasteiger partial charge < -0.3 is 10.2 Å². The van der Waals surface area contributed by atoms with Gasteiger partial charge in [-0.2, -0.15) is 0 Å². The first kappa shape index (κ1) is 12.4. The summed E-state index contributed by atoms with van der Waals surface area (Å²) < 4.78 is 0. The van der Waals surface area contributed by atoms with Gasteiger partial charge >= 0.3 is 0 Å². The molecular formula is C13H22N2O2. The highest BCUT2D eigenvalue weighted by Gasteiger charge is 2.42. The van der Waals surface area contributed by atoms with Crippen LogP contribution in [0.4, 0.5) is 0 Å². The number of piperazine rings is 1. The van der Waals surface area contributed by atoms with E-state index < -0.39 is 5.54 Å². The lowest BCUT2D eigenvalue weighted by Gasteiger charge is -2.41. The molecule has 1 aliphatic heterocycles. The molecule has 0 bridgehead atoms. The average Bonchev–Trinajstić information content (AvgIpc) is 2.60. The van der Waals surface area contributed by atoms with Crippen LogP contribution in [0.1, 0.15) is 46.5 Å². The van der Waals surface area contributed by atoms with Gasteiger partial charge in [-0.1, -0.05) is 19.8 Å². The third kappa shape index (κ3) is 2.45. The maximum atomic E-state index is 12.2. The lowest BCUT2D eigenvalue weighted by atomic mass is 9.87. The smallest absolute Gasteiger partial charge is 0.248 e. The standard InChI is InChI=1S/C13H22N2O2/c1-12(2)11(17)15(8-10(16)14-12)9-13(3)6-4-5-7-13/h4-9H2,1-3H3,(H,14,16). The quantitative estimate of drug-likeness (QED) is 0.788. The molecule has 1 saturated heterocycles. The number of carbonyl (C=O) groups excluding carboxylic acids is 2. The molecule has 4 heteroatoms. The minimum absolute atomic E-state index is 0.0452. The summed E-state index contributed by atoms with van der Waals surface area (Å²) in [6.07, 6.45) is 4.82. The summed E-state index contributed by atoms with van der Waals surface area (Å²) in [6, 6.07) is 0. The topological polar surface area (TPSA) is 49.4 Å². The maximum absolute atomic E-state index is 12.2. The van der Waals surface area contributed by atoms with E-state index in [1.54, 1.807) is 18.7 Å². The van der Waals surface area contributed by atoms with Gasteiger partial charge in [0, 0.05) is 6.54 Å². The largest absolute Gasteiger partial charge is 0.341 e. The lowest BCUT2D eigenvalue weighted by Crippen LogP contribution is -2.64. The van der Waals surface area contributed by atoms with E-state index in [0.29, 0.717) is 0 Å². The van der Waals surface area contributed by atoms with Crippen molar-refractivity contribution in [3.63, 3.8) is 0 Å². The van der Waals surface area contributed by atoms with Gasteiger partial charge in [0.05, 0.1) is 6.54 Å². The van der Waals surface area contributed by atoms with Crippen LogP contribution in [0.5, 0.6) is 0 Å². The van der Waals surface area contributed by atoms with Gasteiger partial charge in [-0.15, -0.1) is 0 Å². The van der Waals surface area contributed by atoms with Gasteiger partial charge in [0.1, 0.15) is 5.54 Å². The SMILES string of the molecule is CC1(CN2CC(=O)NC(C)(C)C2=O)CCCC1. The zero-order valence-electron chi connectivity index (χ0n) is 11.0. The van der Waals surface area contributed by atoms with Crippen LogP contribution in [0.25, 0.3) is 0 Å². The molecule has 0 aromatic heterocycles. The molecule has 0 atom stereocenters. The molecule has 0 spiro atoms.